The van der Waals surface area contributed by atoms with Gasteiger partial charge in [-0.2, -0.15) is 4.98 Å². The van der Waals surface area contributed by atoms with Crippen molar-refractivity contribution < 1.29 is 5.11 Å². The quantitative estimate of drug-likeness (QED) is 0.770. The molecule has 24 heavy (non-hydrogen) atoms. The Morgan fingerprint density at radius 3 is 2.54 bits per heavy atom. The minimum Gasteiger partial charge on any atom is -0.396 e. The molecule has 0 radical (unpaired) electrons. The summed E-state index contributed by atoms with van der Waals surface area (Å²) in [5, 5.41) is 12.9. The number of aliphatic hydroxyl groups excluding tert-OH is 1. The summed E-state index contributed by atoms with van der Waals surface area (Å²) in [6.45, 7) is 11.0. The monoisotopic (exact) mass is 334 g/mol. The Hall–Kier alpha value is -1.44. The molecule has 0 spiro atoms. The van der Waals surface area contributed by atoms with E-state index in [1.807, 2.05) is 13.1 Å². The molecule has 3 heterocycles. The fraction of sp³-hybridized carbons (Fsp3) is 0.765. The molecule has 3 rings (SSSR count). The highest BCUT2D eigenvalue weighted by molar-refractivity contribution is 5.41. The number of rotatable bonds is 6. The summed E-state index contributed by atoms with van der Waals surface area (Å²) in [6.07, 6.45) is 1.79. The van der Waals surface area contributed by atoms with Crippen molar-refractivity contribution in [2.45, 2.75) is 6.92 Å². The molecule has 2 aliphatic rings. The van der Waals surface area contributed by atoms with Crippen LogP contribution in [-0.2, 0) is 0 Å². The molecule has 0 aliphatic carbocycles. The molecule has 7 nitrogen and oxygen atoms in total. The van der Waals surface area contributed by atoms with Crippen molar-refractivity contribution >= 4 is 11.8 Å². The Kier molecular flexibility index (Phi) is 5.86. The minimum absolute atomic E-state index is 0.238. The number of anilines is 2. The van der Waals surface area contributed by atoms with Gasteiger partial charge in [0.25, 0.3) is 0 Å². The van der Waals surface area contributed by atoms with Gasteiger partial charge in [0.05, 0.1) is 0 Å². The molecule has 0 amide bonds. The van der Waals surface area contributed by atoms with Gasteiger partial charge in [0, 0.05) is 71.6 Å². The van der Waals surface area contributed by atoms with E-state index < -0.39 is 0 Å². The molecule has 0 aromatic carbocycles. The number of aliphatic hydroxyl groups is 1. The van der Waals surface area contributed by atoms with Gasteiger partial charge in [0.15, 0.2) is 0 Å². The number of nitrogens with zero attached hydrogens (tertiary/aromatic N) is 5. The Morgan fingerprint density at radius 2 is 1.88 bits per heavy atom. The van der Waals surface area contributed by atoms with Crippen LogP contribution in [0.15, 0.2) is 12.3 Å². The first-order valence-corrected chi connectivity index (χ1v) is 9.04. The standard InChI is InChI=1S/C17H30N6O/c1-3-21-6-8-22(9-7-21)10-14-11-23(12-15(14)13-24)17-19-5-4-16(18-2)20-17/h4-5,14-15,24H,3,6-13H2,1-2H3,(H,18,19,20)/t14-,15-/m1/s1. The number of aromatic nitrogens is 2. The van der Waals surface area contributed by atoms with E-state index in [4.69, 9.17) is 0 Å². The Bertz CT molecular complexity index is 520. The average molecular weight is 334 g/mol. The van der Waals surface area contributed by atoms with Gasteiger partial charge in [-0.15, -0.1) is 0 Å². The molecule has 0 saturated carbocycles. The molecule has 1 aromatic heterocycles. The van der Waals surface area contributed by atoms with Crippen LogP contribution in [0.25, 0.3) is 0 Å². The highest BCUT2D eigenvalue weighted by atomic mass is 16.3. The normalized spacial score (nSPS) is 26.0. The van der Waals surface area contributed by atoms with Gasteiger partial charge < -0.3 is 25.1 Å². The number of hydrogen-bond acceptors (Lipinski definition) is 7. The predicted molar refractivity (Wildman–Crippen MR) is 96.4 cm³/mol. The average Bonchev–Trinajstić information content (AvgIpc) is 3.05. The topological polar surface area (TPSA) is 67.8 Å². The van der Waals surface area contributed by atoms with Crippen molar-refractivity contribution in [3.8, 4) is 0 Å². The predicted octanol–water partition coefficient (Wildman–Crippen LogP) is 0.201. The lowest BCUT2D eigenvalue weighted by molar-refractivity contribution is 0.106. The van der Waals surface area contributed by atoms with E-state index in [2.05, 4.69) is 36.9 Å². The van der Waals surface area contributed by atoms with Gasteiger partial charge in [-0.25, -0.2) is 4.98 Å². The van der Waals surface area contributed by atoms with Gasteiger partial charge >= 0.3 is 0 Å². The Morgan fingerprint density at radius 1 is 1.17 bits per heavy atom. The molecule has 1 aromatic rings. The molecule has 0 bridgehead atoms. The van der Waals surface area contributed by atoms with Crippen LogP contribution in [0.4, 0.5) is 11.8 Å². The largest absolute Gasteiger partial charge is 0.396 e. The maximum atomic E-state index is 9.80. The first kappa shape index (κ1) is 17.4. The zero-order valence-corrected chi connectivity index (χ0v) is 14.9. The second-order valence-electron chi connectivity index (χ2n) is 6.83. The fourth-order valence-corrected chi connectivity index (χ4v) is 3.78. The van der Waals surface area contributed by atoms with Crippen molar-refractivity contribution in [2.75, 3.05) is 76.2 Å². The van der Waals surface area contributed by atoms with E-state index in [-0.39, 0.29) is 6.61 Å². The number of hydrogen-bond donors (Lipinski definition) is 2. The van der Waals surface area contributed by atoms with Gasteiger partial charge in [0.2, 0.25) is 5.95 Å². The van der Waals surface area contributed by atoms with E-state index in [9.17, 15) is 5.11 Å². The van der Waals surface area contributed by atoms with E-state index in [1.165, 1.54) is 0 Å². The molecule has 2 fully saturated rings. The van der Waals surface area contributed by atoms with Gasteiger partial charge in [-0.1, -0.05) is 6.92 Å². The van der Waals surface area contributed by atoms with E-state index in [0.29, 0.717) is 11.8 Å². The molecule has 2 saturated heterocycles. The SMILES string of the molecule is CCN1CCN(C[C@@H]2CN(c3nccc(NC)n3)C[C@@H]2CO)CC1. The molecule has 7 heteroatoms. The third-order valence-corrected chi connectivity index (χ3v) is 5.40. The van der Waals surface area contributed by atoms with Crippen LogP contribution in [0, 0.1) is 11.8 Å². The highest BCUT2D eigenvalue weighted by Gasteiger charge is 2.35. The third kappa shape index (κ3) is 3.96. The van der Waals surface area contributed by atoms with Crippen molar-refractivity contribution in [1.29, 1.82) is 0 Å². The van der Waals surface area contributed by atoms with Crippen LogP contribution in [0.3, 0.4) is 0 Å². The Balaban J connectivity index is 1.60. The van der Waals surface area contributed by atoms with Crippen LogP contribution in [0.2, 0.25) is 0 Å². The molecule has 2 N–H and O–H groups in total. The number of nitrogens with one attached hydrogen (secondary N) is 1. The van der Waals surface area contributed by atoms with E-state index in [1.54, 1.807) is 6.20 Å². The first-order valence-electron chi connectivity index (χ1n) is 9.04. The van der Waals surface area contributed by atoms with Crippen molar-refractivity contribution in [3.63, 3.8) is 0 Å². The molecule has 134 valence electrons. The zero-order valence-electron chi connectivity index (χ0n) is 14.9. The maximum Gasteiger partial charge on any atom is 0.227 e. The summed E-state index contributed by atoms with van der Waals surface area (Å²) in [5.41, 5.74) is 0. The molecule has 0 unspecified atom stereocenters. The van der Waals surface area contributed by atoms with Crippen molar-refractivity contribution in [1.82, 2.24) is 19.8 Å². The number of piperazine rings is 1. The summed E-state index contributed by atoms with van der Waals surface area (Å²) in [6, 6.07) is 1.87. The first-order chi connectivity index (χ1) is 11.7. The summed E-state index contributed by atoms with van der Waals surface area (Å²) in [4.78, 5) is 16.2. The lowest BCUT2D eigenvalue weighted by Gasteiger charge is -2.36. The smallest absolute Gasteiger partial charge is 0.227 e. The van der Waals surface area contributed by atoms with Gasteiger partial charge in [-0.05, 0) is 18.5 Å². The summed E-state index contributed by atoms with van der Waals surface area (Å²) < 4.78 is 0. The summed E-state index contributed by atoms with van der Waals surface area (Å²) in [5.74, 6) is 2.37. The fourth-order valence-electron chi connectivity index (χ4n) is 3.78. The maximum absolute atomic E-state index is 9.80. The van der Waals surface area contributed by atoms with Crippen LogP contribution >= 0.6 is 0 Å². The second-order valence-corrected chi connectivity index (χ2v) is 6.83. The Labute approximate surface area is 144 Å². The molecular weight excluding hydrogens is 304 g/mol. The summed E-state index contributed by atoms with van der Waals surface area (Å²) >= 11 is 0. The van der Waals surface area contributed by atoms with E-state index in [0.717, 1.165) is 64.1 Å². The molecule has 2 atom stereocenters. The zero-order chi connectivity index (χ0) is 16.9. The van der Waals surface area contributed by atoms with Crippen LogP contribution < -0.4 is 10.2 Å². The lowest BCUT2D eigenvalue weighted by Crippen LogP contribution is -2.48. The lowest BCUT2D eigenvalue weighted by atomic mass is 9.96. The number of likely N-dealkylation sites (N-methyl/N-ethyl adjacent to an activating group) is 1. The molecule has 2 aliphatic heterocycles. The van der Waals surface area contributed by atoms with Crippen molar-refractivity contribution in [3.05, 3.63) is 12.3 Å². The highest BCUT2D eigenvalue weighted by Crippen LogP contribution is 2.27. The van der Waals surface area contributed by atoms with Gasteiger partial charge in [-0.3, -0.25) is 0 Å². The minimum atomic E-state index is 0.238. The summed E-state index contributed by atoms with van der Waals surface area (Å²) in [7, 11) is 1.87. The van der Waals surface area contributed by atoms with Crippen LogP contribution in [0.5, 0.6) is 0 Å². The van der Waals surface area contributed by atoms with E-state index >= 15 is 0 Å². The van der Waals surface area contributed by atoms with Crippen molar-refractivity contribution in [2.24, 2.45) is 11.8 Å². The van der Waals surface area contributed by atoms with Crippen LogP contribution in [-0.4, -0.2) is 90.9 Å². The van der Waals surface area contributed by atoms with Crippen LogP contribution in [0.1, 0.15) is 6.92 Å². The molecular formula is C17H30N6O. The second kappa shape index (κ2) is 8.09. The third-order valence-electron chi connectivity index (χ3n) is 5.40. The van der Waals surface area contributed by atoms with Gasteiger partial charge in [0.1, 0.15) is 5.82 Å².